The molecule has 0 aromatic heterocycles. The number of nitrogens with one attached hydrogen (secondary N) is 2. The average molecular weight is 443 g/mol. The molecule has 1 amide bonds. The summed E-state index contributed by atoms with van der Waals surface area (Å²) < 4.78 is 5.58. The number of halogens is 2. The van der Waals surface area contributed by atoms with Gasteiger partial charge in [0.25, 0.3) is 5.91 Å². The summed E-state index contributed by atoms with van der Waals surface area (Å²) in [6.07, 6.45) is 0. The van der Waals surface area contributed by atoms with E-state index in [4.69, 9.17) is 27.9 Å². The highest BCUT2D eigenvalue weighted by Gasteiger charge is 2.09. The number of rotatable bonds is 7. The number of anilines is 2. The Labute approximate surface area is 187 Å². The second-order valence-corrected chi connectivity index (χ2v) is 8.05. The van der Waals surface area contributed by atoms with Crippen LogP contribution in [0, 0.1) is 20.8 Å². The van der Waals surface area contributed by atoms with Gasteiger partial charge in [0.15, 0.2) is 6.61 Å². The molecule has 0 bridgehead atoms. The molecule has 0 unspecified atom stereocenters. The maximum absolute atomic E-state index is 12.1. The smallest absolute Gasteiger partial charge is 0.262 e. The van der Waals surface area contributed by atoms with E-state index in [-0.39, 0.29) is 12.5 Å². The number of hydrogen-bond donors (Lipinski definition) is 2. The zero-order chi connectivity index (χ0) is 21.7. The highest BCUT2D eigenvalue weighted by Crippen LogP contribution is 2.26. The third-order valence-corrected chi connectivity index (χ3v) is 5.39. The van der Waals surface area contributed by atoms with Gasteiger partial charge >= 0.3 is 0 Å². The lowest BCUT2D eigenvalue weighted by Gasteiger charge is -2.13. The summed E-state index contributed by atoms with van der Waals surface area (Å²) in [6.45, 7) is 6.53. The van der Waals surface area contributed by atoms with Gasteiger partial charge in [0.05, 0.1) is 5.02 Å². The summed E-state index contributed by atoms with van der Waals surface area (Å²) in [6, 6.07) is 17.2. The zero-order valence-corrected chi connectivity index (χ0v) is 18.7. The number of hydrogen-bond acceptors (Lipinski definition) is 3. The van der Waals surface area contributed by atoms with Crippen LogP contribution in [0.1, 0.15) is 22.3 Å². The van der Waals surface area contributed by atoms with Crippen LogP contribution in [-0.4, -0.2) is 12.5 Å². The first-order valence-electron chi connectivity index (χ1n) is 9.60. The first kappa shape index (κ1) is 22.0. The summed E-state index contributed by atoms with van der Waals surface area (Å²) in [4.78, 5) is 12.1. The van der Waals surface area contributed by atoms with Gasteiger partial charge in [-0.1, -0.05) is 47.5 Å². The van der Waals surface area contributed by atoms with Crippen LogP contribution in [0.15, 0.2) is 54.6 Å². The molecule has 0 fully saturated rings. The molecule has 3 rings (SSSR count). The summed E-state index contributed by atoms with van der Waals surface area (Å²) >= 11 is 12.4. The minimum Gasteiger partial charge on any atom is -0.482 e. The molecular weight excluding hydrogens is 419 g/mol. The highest BCUT2D eigenvalue weighted by atomic mass is 35.5. The summed E-state index contributed by atoms with van der Waals surface area (Å²) in [5.41, 5.74) is 6.08. The largest absolute Gasteiger partial charge is 0.482 e. The van der Waals surface area contributed by atoms with E-state index >= 15 is 0 Å². The summed E-state index contributed by atoms with van der Waals surface area (Å²) in [7, 11) is 0. The molecule has 156 valence electrons. The fraction of sp³-hybridized carbons (Fsp3) is 0.208. The van der Waals surface area contributed by atoms with Crippen molar-refractivity contribution in [2.24, 2.45) is 0 Å². The van der Waals surface area contributed by atoms with Gasteiger partial charge in [-0.05, 0) is 73.4 Å². The standard InChI is InChI=1S/C24H24Cl2N2O2/c1-15-4-5-17(3)22(10-15)27-13-18-7-9-23(21(26)11-18)30-14-24(29)28-19-8-6-16(2)20(25)12-19/h4-12,27H,13-14H2,1-3H3,(H,28,29). The van der Waals surface area contributed by atoms with Crippen LogP contribution < -0.4 is 15.4 Å². The Kier molecular flexibility index (Phi) is 7.24. The lowest BCUT2D eigenvalue weighted by atomic mass is 10.1. The van der Waals surface area contributed by atoms with Gasteiger partial charge in [-0.2, -0.15) is 0 Å². The molecule has 0 aliphatic heterocycles. The molecule has 0 spiro atoms. The minimum absolute atomic E-state index is 0.148. The van der Waals surface area contributed by atoms with Gasteiger partial charge in [0.2, 0.25) is 0 Å². The predicted octanol–water partition coefficient (Wildman–Crippen LogP) is 6.55. The fourth-order valence-corrected chi connectivity index (χ4v) is 3.34. The molecule has 6 heteroatoms. The van der Waals surface area contributed by atoms with Crippen molar-refractivity contribution >= 4 is 40.5 Å². The maximum Gasteiger partial charge on any atom is 0.262 e. The highest BCUT2D eigenvalue weighted by molar-refractivity contribution is 6.32. The van der Waals surface area contributed by atoms with Crippen molar-refractivity contribution < 1.29 is 9.53 Å². The van der Waals surface area contributed by atoms with E-state index in [1.54, 1.807) is 18.2 Å². The minimum atomic E-state index is -0.286. The van der Waals surface area contributed by atoms with Crippen LogP contribution in [-0.2, 0) is 11.3 Å². The Bertz CT molecular complexity index is 1070. The lowest BCUT2D eigenvalue weighted by molar-refractivity contribution is -0.118. The topological polar surface area (TPSA) is 50.4 Å². The van der Waals surface area contributed by atoms with E-state index in [9.17, 15) is 4.79 Å². The van der Waals surface area contributed by atoms with Gasteiger partial charge in [-0.3, -0.25) is 4.79 Å². The van der Waals surface area contributed by atoms with E-state index in [0.717, 1.165) is 16.8 Å². The molecule has 0 aliphatic carbocycles. The van der Waals surface area contributed by atoms with E-state index < -0.39 is 0 Å². The number of benzene rings is 3. The van der Waals surface area contributed by atoms with Crippen molar-refractivity contribution in [2.75, 3.05) is 17.2 Å². The Balaban J connectivity index is 1.55. The van der Waals surface area contributed by atoms with Crippen molar-refractivity contribution in [1.29, 1.82) is 0 Å². The fourth-order valence-electron chi connectivity index (χ4n) is 2.91. The van der Waals surface area contributed by atoms with E-state index in [1.807, 2.05) is 25.1 Å². The van der Waals surface area contributed by atoms with Gasteiger partial charge < -0.3 is 15.4 Å². The Morgan fingerprint density at radius 1 is 0.900 bits per heavy atom. The van der Waals surface area contributed by atoms with Crippen LogP contribution in [0.4, 0.5) is 11.4 Å². The lowest BCUT2D eigenvalue weighted by Crippen LogP contribution is -2.20. The van der Waals surface area contributed by atoms with Crippen LogP contribution in [0.5, 0.6) is 5.75 Å². The summed E-state index contributed by atoms with van der Waals surface area (Å²) in [5.74, 6) is 0.177. The van der Waals surface area contributed by atoms with Gasteiger partial charge in [-0.15, -0.1) is 0 Å². The quantitative estimate of drug-likeness (QED) is 0.436. The van der Waals surface area contributed by atoms with Gasteiger partial charge in [-0.25, -0.2) is 0 Å². The first-order chi connectivity index (χ1) is 14.3. The van der Waals surface area contributed by atoms with E-state index in [0.29, 0.717) is 28.0 Å². The number of ether oxygens (including phenoxy) is 1. The van der Waals surface area contributed by atoms with E-state index in [1.165, 1.54) is 11.1 Å². The Morgan fingerprint density at radius 2 is 1.67 bits per heavy atom. The normalized spacial score (nSPS) is 10.6. The van der Waals surface area contributed by atoms with Crippen molar-refractivity contribution in [3.05, 3.63) is 86.9 Å². The molecule has 2 N–H and O–H groups in total. The third-order valence-electron chi connectivity index (χ3n) is 4.69. The molecule has 0 atom stereocenters. The number of amides is 1. The van der Waals surface area contributed by atoms with Crippen LogP contribution in [0.2, 0.25) is 10.0 Å². The maximum atomic E-state index is 12.1. The number of carbonyl (C=O) groups excluding carboxylic acids is 1. The SMILES string of the molecule is Cc1ccc(C)c(NCc2ccc(OCC(=O)Nc3ccc(C)c(Cl)c3)c(Cl)c2)c1. The zero-order valence-electron chi connectivity index (χ0n) is 17.2. The molecular formula is C24H24Cl2N2O2. The third kappa shape index (κ3) is 5.91. The molecule has 0 aliphatic rings. The van der Waals surface area contributed by atoms with Crippen molar-refractivity contribution in [1.82, 2.24) is 0 Å². The van der Waals surface area contributed by atoms with Crippen molar-refractivity contribution in [2.45, 2.75) is 27.3 Å². The molecule has 3 aromatic carbocycles. The molecule has 30 heavy (non-hydrogen) atoms. The van der Waals surface area contributed by atoms with Crippen LogP contribution in [0.25, 0.3) is 0 Å². The Morgan fingerprint density at radius 3 is 2.40 bits per heavy atom. The number of carbonyl (C=O) groups is 1. The molecule has 0 radical (unpaired) electrons. The number of aryl methyl sites for hydroxylation is 3. The molecule has 4 nitrogen and oxygen atoms in total. The van der Waals surface area contributed by atoms with E-state index in [2.05, 4.69) is 42.7 Å². The van der Waals surface area contributed by atoms with Crippen LogP contribution >= 0.6 is 23.2 Å². The summed E-state index contributed by atoms with van der Waals surface area (Å²) in [5, 5.41) is 7.24. The average Bonchev–Trinajstić information content (AvgIpc) is 2.70. The predicted molar refractivity (Wildman–Crippen MR) is 125 cm³/mol. The molecule has 0 saturated heterocycles. The molecule has 0 saturated carbocycles. The van der Waals surface area contributed by atoms with Crippen LogP contribution in [0.3, 0.4) is 0 Å². The van der Waals surface area contributed by atoms with Gasteiger partial charge in [0.1, 0.15) is 5.75 Å². The molecule has 0 heterocycles. The van der Waals surface area contributed by atoms with Crippen molar-refractivity contribution in [3.8, 4) is 5.75 Å². The van der Waals surface area contributed by atoms with Crippen molar-refractivity contribution in [3.63, 3.8) is 0 Å². The second kappa shape index (κ2) is 9.88. The van der Waals surface area contributed by atoms with Gasteiger partial charge in [0, 0.05) is 22.9 Å². The monoisotopic (exact) mass is 442 g/mol. The Hall–Kier alpha value is -2.69. The first-order valence-corrected chi connectivity index (χ1v) is 10.4. The molecule has 3 aromatic rings. The second-order valence-electron chi connectivity index (χ2n) is 7.24.